The zero-order valence-corrected chi connectivity index (χ0v) is 13.4. The lowest BCUT2D eigenvalue weighted by molar-refractivity contribution is 0.205. The molecule has 1 aliphatic heterocycles. The highest BCUT2D eigenvalue weighted by Crippen LogP contribution is 2.24. The summed E-state index contributed by atoms with van der Waals surface area (Å²) in [5.74, 6) is 1.34. The average Bonchev–Trinajstić information content (AvgIpc) is 2.53. The van der Waals surface area contributed by atoms with Crippen LogP contribution < -0.4 is 10.5 Å². The maximum Gasteiger partial charge on any atom is 0.191 e. The van der Waals surface area contributed by atoms with E-state index in [0.29, 0.717) is 23.3 Å². The highest BCUT2D eigenvalue weighted by Gasteiger charge is 2.14. The third-order valence-electron chi connectivity index (χ3n) is 3.72. The fourth-order valence-corrected chi connectivity index (χ4v) is 2.57. The van der Waals surface area contributed by atoms with Crippen molar-refractivity contribution in [3.8, 4) is 5.75 Å². The Labute approximate surface area is 131 Å². The largest absolute Gasteiger partial charge is 0.487 e. The fourth-order valence-electron chi connectivity index (χ4n) is 2.39. The minimum absolute atomic E-state index is 0.00626. The van der Waals surface area contributed by atoms with Crippen LogP contribution in [0.1, 0.15) is 32.6 Å². The molecule has 1 fully saturated rings. The molecule has 1 aliphatic rings. The van der Waals surface area contributed by atoms with Gasteiger partial charge >= 0.3 is 0 Å². The van der Waals surface area contributed by atoms with Gasteiger partial charge < -0.3 is 15.4 Å². The molecule has 1 atom stereocenters. The number of piperidine rings is 1. The number of hydrogen-bond donors (Lipinski definition) is 1. The highest BCUT2D eigenvalue weighted by atomic mass is 35.5. The van der Waals surface area contributed by atoms with Crippen molar-refractivity contribution in [2.45, 2.75) is 38.7 Å². The fraction of sp³-hybridized carbons (Fsp3) is 0.562. The lowest BCUT2D eigenvalue weighted by Crippen LogP contribution is -2.41. The number of rotatable bonds is 5. The topological polar surface area (TPSA) is 50.8 Å². The third-order valence-corrected chi connectivity index (χ3v) is 4.03. The van der Waals surface area contributed by atoms with E-state index in [4.69, 9.17) is 22.1 Å². The second-order valence-electron chi connectivity index (χ2n) is 5.33. The number of guanidine groups is 1. The summed E-state index contributed by atoms with van der Waals surface area (Å²) in [6, 6.07) is 7.51. The van der Waals surface area contributed by atoms with Crippen LogP contribution in [0.25, 0.3) is 0 Å². The summed E-state index contributed by atoms with van der Waals surface area (Å²) in [6.45, 7) is 4.66. The van der Waals surface area contributed by atoms with Gasteiger partial charge in [-0.05, 0) is 37.8 Å². The average molecular weight is 310 g/mol. The van der Waals surface area contributed by atoms with Crippen molar-refractivity contribution >= 4 is 17.6 Å². The molecule has 0 amide bonds. The van der Waals surface area contributed by atoms with Gasteiger partial charge in [0.2, 0.25) is 0 Å². The van der Waals surface area contributed by atoms with Crippen LogP contribution in [0.3, 0.4) is 0 Å². The molecule has 4 nitrogen and oxygen atoms in total. The van der Waals surface area contributed by atoms with Crippen molar-refractivity contribution in [2.24, 2.45) is 10.7 Å². The number of nitrogens with zero attached hydrogens (tertiary/aromatic N) is 2. The smallest absolute Gasteiger partial charge is 0.191 e. The van der Waals surface area contributed by atoms with E-state index < -0.39 is 0 Å². The molecule has 1 saturated heterocycles. The van der Waals surface area contributed by atoms with Gasteiger partial charge in [0, 0.05) is 13.1 Å². The normalized spacial score (nSPS) is 17.6. The summed E-state index contributed by atoms with van der Waals surface area (Å²) < 4.78 is 5.92. The molecule has 5 heteroatoms. The van der Waals surface area contributed by atoms with Crippen LogP contribution in [0.4, 0.5) is 0 Å². The summed E-state index contributed by atoms with van der Waals surface area (Å²) in [4.78, 5) is 6.66. The molecule has 0 spiro atoms. The van der Waals surface area contributed by atoms with Gasteiger partial charge in [0.1, 0.15) is 11.9 Å². The number of para-hydroxylation sites is 1. The van der Waals surface area contributed by atoms with Crippen molar-refractivity contribution in [2.75, 3.05) is 19.6 Å². The van der Waals surface area contributed by atoms with Crippen molar-refractivity contribution in [3.05, 3.63) is 29.3 Å². The molecule has 116 valence electrons. The van der Waals surface area contributed by atoms with E-state index in [2.05, 4.69) is 16.8 Å². The zero-order chi connectivity index (χ0) is 15.1. The van der Waals surface area contributed by atoms with Crippen LogP contribution >= 0.6 is 11.6 Å². The standard InChI is InChI=1S/C16H24ClN3O/c1-2-13(21-15-9-5-4-8-14(15)17)12-19-16(18)20-10-6-3-7-11-20/h4-5,8-9,13H,2-3,6-7,10-12H2,1H3,(H2,18,19). The Morgan fingerprint density at radius 3 is 2.71 bits per heavy atom. The second-order valence-corrected chi connectivity index (χ2v) is 5.73. The van der Waals surface area contributed by atoms with Crippen molar-refractivity contribution in [1.82, 2.24) is 4.90 Å². The first-order chi connectivity index (χ1) is 10.2. The first-order valence-electron chi connectivity index (χ1n) is 7.66. The van der Waals surface area contributed by atoms with Crippen LogP contribution in [0.5, 0.6) is 5.75 Å². The van der Waals surface area contributed by atoms with E-state index in [-0.39, 0.29) is 6.10 Å². The first-order valence-corrected chi connectivity index (χ1v) is 8.04. The Bertz CT molecular complexity index is 472. The Morgan fingerprint density at radius 2 is 2.05 bits per heavy atom. The van der Waals surface area contributed by atoms with Gasteiger partial charge in [-0.3, -0.25) is 0 Å². The number of benzene rings is 1. The number of likely N-dealkylation sites (tertiary alicyclic amines) is 1. The maximum absolute atomic E-state index is 6.12. The van der Waals surface area contributed by atoms with Crippen LogP contribution in [0.2, 0.25) is 5.02 Å². The predicted molar refractivity (Wildman–Crippen MR) is 88.1 cm³/mol. The summed E-state index contributed by atoms with van der Waals surface area (Å²) in [6.07, 6.45) is 4.54. The van der Waals surface area contributed by atoms with Gasteiger partial charge in [0.25, 0.3) is 0 Å². The van der Waals surface area contributed by atoms with Gasteiger partial charge in [0.15, 0.2) is 5.96 Å². The van der Waals surface area contributed by atoms with Crippen molar-refractivity contribution in [1.29, 1.82) is 0 Å². The minimum atomic E-state index is -0.00626. The molecule has 1 aromatic carbocycles. The molecule has 0 aliphatic carbocycles. The molecule has 2 rings (SSSR count). The van der Waals surface area contributed by atoms with Crippen LogP contribution in [-0.4, -0.2) is 36.6 Å². The molecule has 1 aromatic rings. The van der Waals surface area contributed by atoms with Gasteiger partial charge in [-0.1, -0.05) is 30.7 Å². The predicted octanol–water partition coefficient (Wildman–Crippen LogP) is 3.30. The molecule has 0 aromatic heterocycles. The third kappa shape index (κ3) is 4.81. The van der Waals surface area contributed by atoms with Crippen LogP contribution in [0.15, 0.2) is 29.3 Å². The van der Waals surface area contributed by atoms with Gasteiger partial charge in [-0.2, -0.15) is 0 Å². The number of halogens is 1. The zero-order valence-electron chi connectivity index (χ0n) is 12.6. The Kier molecular flexibility index (Phi) is 6.18. The van der Waals surface area contributed by atoms with E-state index in [1.807, 2.05) is 24.3 Å². The van der Waals surface area contributed by atoms with Crippen LogP contribution in [-0.2, 0) is 0 Å². The molecule has 2 N–H and O–H groups in total. The van der Waals surface area contributed by atoms with E-state index in [0.717, 1.165) is 19.5 Å². The quantitative estimate of drug-likeness (QED) is 0.670. The lowest BCUT2D eigenvalue weighted by Gasteiger charge is -2.28. The van der Waals surface area contributed by atoms with E-state index in [9.17, 15) is 0 Å². The highest BCUT2D eigenvalue weighted by molar-refractivity contribution is 6.32. The van der Waals surface area contributed by atoms with Crippen molar-refractivity contribution < 1.29 is 4.74 Å². The molecule has 1 unspecified atom stereocenters. The van der Waals surface area contributed by atoms with E-state index in [1.165, 1.54) is 19.3 Å². The summed E-state index contributed by atoms with van der Waals surface area (Å²) in [5.41, 5.74) is 6.07. The maximum atomic E-state index is 6.12. The monoisotopic (exact) mass is 309 g/mol. The molecule has 0 saturated carbocycles. The van der Waals surface area contributed by atoms with Gasteiger partial charge in [0.05, 0.1) is 11.6 Å². The molecule has 0 bridgehead atoms. The van der Waals surface area contributed by atoms with Crippen molar-refractivity contribution in [3.63, 3.8) is 0 Å². The molecule has 0 radical (unpaired) electrons. The second kappa shape index (κ2) is 8.13. The van der Waals surface area contributed by atoms with Gasteiger partial charge in [-0.25, -0.2) is 4.99 Å². The Balaban J connectivity index is 1.91. The first kappa shape index (κ1) is 16.0. The molecule has 1 heterocycles. The SMILES string of the molecule is CCC(CN=C(N)N1CCCCC1)Oc1ccccc1Cl. The summed E-state index contributed by atoms with van der Waals surface area (Å²) in [7, 11) is 0. The molecular weight excluding hydrogens is 286 g/mol. The summed E-state index contributed by atoms with van der Waals surface area (Å²) >= 11 is 6.12. The molecular formula is C16H24ClN3O. The Morgan fingerprint density at radius 1 is 1.33 bits per heavy atom. The number of hydrogen-bond acceptors (Lipinski definition) is 2. The Hall–Kier alpha value is -1.42. The summed E-state index contributed by atoms with van der Waals surface area (Å²) in [5, 5.41) is 0.629. The lowest BCUT2D eigenvalue weighted by atomic mass is 10.1. The number of aliphatic imine (C=N–C) groups is 1. The number of nitrogens with two attached hydrogens (primary N) is 1. The number of ether oxygens (including phenoxy) is 1. The minimum Gasteiger partial charge on any atom is -0.487 e. The van der Waals surface area contributed by atoms with Gasteiger partial charge in [-0.15, -0.1) is 0 Å². The van der Waals surface area contributed by atoms with E-state index >= 15 is 0 Å². The molecule has 21 heavy (non-hydrogen) atoms. The van der Waals surface area contributed by atoms with E-state index in [1.54, 1.807) is 0 Å². The van der Waals surface area contributed by atoms with Crippen LogP contribution in [0, 0.1) is 0 Å².